The summed E-state index contributed by atoms with van der Waals surface area (Å²) in [5, 5.41) is 2.98. The average Bonchev–Trinajstić information content (AvgIpc) is 2.61. The molecular formula is C10H10ClN5O2. The van der Waals surface area contributed by atoms with E-state index in [9.17, 15) is 9.59 Å². The van der Waals surface area contributed by atoms with Crippen molar-refractivity contribution >= 4 is 29.5 Å². The molecule has 8 heteroatoms. The van der Waals surface area contributed by atoms with E-state index in [1.807, 2.05) is 4.90 Å². The lowest BCUT2D eigenvalue weighted by Crippen LogP contribution is -2.61. The van der Waals surface area contributed by atoms with Crippen molar-refractivity contribution in [1.82, 2.24) is 20.2 Å². The van der Waals surface area contributed by atoms with Crippen LogP contribution in [0.5, 0.6) is 0 Å². The number of hydrogen-bond donors (Lipinski definition) is 1. The highest BCUT2D eigenvalue weighted by molar-refractivity contribution is 6.30. The van der Waals surface area contributed by atoms with Gasteiger partial charge in [0.1, 0.15) is 0 Å². The van der Waals surface area contributed by atoms with Gasteiger partial charge in [-0.05, 0) is 0 Å². The number of nitrogens with one attached hydrogen (secondary N) is 1. The first-order valence-electron chi connectivity index (χ1n) is 5.47. The van der Waals surface area contributed by atoms with Crippen LogP contribution in [0.2, 0.25) is 5.02 Å². The molecule has 2 aliphatic rings. The molecule has 3 rings (SSSR count). The zero-order valence-corrected chi connectivity index (χ0v) is 10.1. The minimum absolute atomic E-state index is 0.0901. The van der Waals surface area contributed by atoms with Crippen molar-refractivity contribution in [2.75, 3.05) is 24.5 Å². The minimum Gasteiger partial charge on any atom is -0.337 e. The van der Waals surface area contributed by atoms with Crippen molar-refractivity contribution in [2.45, 2.75) is 6.04 Å². The van der Waals surface area contributed by atoms with Gasteiger partial charge >= 0.3 is 6.03 Å². The number of urea groups is 1. The van der Waals surface area contributed by atoms with Crippen molar-refractivity contribution in [3.8, 4) is 0 Å². The van der Waals surface area contributed by atoms with Crippen LogP contribution in [0, 0.1) is 0 Å². The Morgan fingerprint density at radius 2 is 1.94 bits per heavy atom. The van der Waals surface area contributed by atoms with Crippen molar-refractivity contribution < 1.29 is 9.59 Å². The third-order valence-electron chi connectivity index (χ3n) is 3.00. The number of nitrogens with zero attached hydrogens (tertiary/aromatic N) is 4. The van der Waals surface area contributed by atoms with Gasteiger partial charge in [0.15, 0.2) is 0 Å². The van der Waals surface area contributed by atoms with Gasteiger partial charge < -0.3 is 10.2 Å². The Kier molecular flexibility index (Phi) is 2.55. The molecule has 0 unspecified atom stereocenters. The van der Waals surface area contributed by atoms with Gasteiger partial charge in [0.05, 0.1) is 30.0 Å². The topological polar surface area (TPSA) is 78.4 Å². The summed E-state index contributed by atoms with van der Waals surface area (Å²) in [4.78, 5) is 34.2. The van der Waals surface area contributed by atoms with Crippen LogP contribution >= 0.6 is 11.6 Å². The maximum absolute atomic E-state index is 11.5. The molecule has 3 amide bonds. The molecule has 3 heterocycles. The average molecular weight is 268 g/mol. The predicted octanol–water partition coefficient (Wildman–Crippen LogP) is -0.130. The number of halogens is 1. The quantitative estimate of drug-likeness (QED) is 0.755. The van der Waals surface area contributed by atoms with E-state index in [0.717, 1.165) is 0 Å². The van der Waals surface area contributed by atoms with Crippen molar-refractivity contribution in [2.24, 2.45) is 0 Å². The van der Waals surface area contributed by atoms with Crippen LogP contribution in [0.4, 0.5) is 10.7 Å². The molecule has 0 atom stereocenters. The summed E-state index contributed by atoms with van der Waals surface area (Å²) in [7, 11) is 0. The molecule has 2 fully saturated rings. The standard InChI is InChI=1S/C10H10ClN5O2/c11-6-1-12-9(13-2-6)15-4-7(5-15)16-8(17)3-14-10(16)18/h1-2,7H,3-5H2,(H,14,18). The molecule has 1 N–H and O–H groups in total. The van der Waals surface area contributed by atoms with Gasteiger partial charge in [-0.15, -0.1) is 0 Å². The van der Waals surface area contributed by atoms with Crippen LogP contribution in [0.15, 0.2) is 12.4 Å². The summed E-state index contributed by atoms with van der Waals surface area (Å²) in [6.07, 6.45) is 3.04. The molecule has 18 heavy (non-hydrogen) atoms. The SMILES string of the molecule is O=C1CNC(=O)N1C1CN(c2ncc(Cl)cn2)C1. The fourth-order valence-electron chi connectivity index (χ4n) is 2.05. The first-order valence-corrected chi connectivity index (χ1v) is 5.85. The van der Waals surface area contributed by atoms with Crippen LogP contribution in [-0.4, -0.2) is 52.5 Å². The lowest BCUT2D eigenvalue weighted by Gasteiger charge is -2.42. The lowest BCUT2D eigenvalue weighted by atomic mass is 10.1. The fraction of sp³-hybridized carbons (Fsp3) is 0.400. The number of aromatic nitrogens is 2. The Hall–Kier alpha value is -1.89. The van der Waals surface area contributed by atoms with Gasteiger partial charge in [0.2, 0.25) is 11.9 Å². The monoisotopic (exact) mass is 267 g/mol. The first kappa shape index (κ1) is 11.2. The highest BCUT2D eigenvalue weighted by Gasteiger charge is 2.42. The van der Waals surface area contributed by atoms with E-state index in [2.05, 4.69) is 15.3 Å². The zero-order valence-electron chi connectivity index (χ0n) is 9.34. The summed E-state index contributed by atoms with van der Waals surface area (Å²) in [6, 6.07) is -0.416. The molecule has 0 radical (unpaired) electrons. The molecule has 1 aromatic heterocycles. The minimum atomic E-state index is -0.318. The van der Waals surface area contributed by atoms with Crippen LogP contribution in [-0.2, 0) is 4.79 Å². The lowest BCUT2D eigenvalue weighted by molar-refractivity contribution is -0.126. The molecule has 0 saturated carbocycles. The summed E-state index contributed by atoms with van der Waals surface area (Å²) >= 11 is 5.70. The van der Waals surface area contributed by atoms with Gasteiger partial charge in [-0.2, -0.15) is 0 Å². The van der Waals surface area contributed by atoms with Gasteiger partial charge in [0.25, 0.3) is 0 Å². The summed E-state index contributed by atoms with van der Waals surface area (Å²) in [5.41, 5.74) is 0. The van der Waals surface area contributed by atoms with E-state index in [0.29, 0.717) is 24.1 Å². The molecule has 0 aromatic carbocycles. The van der Waals surface area contributed by atoms with E-state index >= 15 is 0 Å². The molecule has 2 saturated heterocycles. The van der Waals surface area contributed by atoms with Crippen molar-refractivity contribution in [1.29, 1.82) is 0 Å². The van der Waals surface area contributed by atoms with Crippen LogP contribution < -0.4 is 10.2 Å². The molecule has 0 aliphatic carbocycles. The van der Waals surface area contributed by atoms with Gasteiger partial charge in [0, 0.05) is 13.1 Å². The Morgan fingerprint density at radius 1 is 1.28 bits per heavy atom. The summed E-state index contributed by atoms with van der Waals surface area (Å²) < 4.78 is 0. The normalized spacial score (nSPS) is 20.1. The summed E-state index contributed by atoms with van der Waals surface area (Å²) in [5.74, 6) is 0.379. The Balaban J connectivity index is 1.65. The largest absolute Gasteiger partial charge is 0.337 e. The number of amides is 3. The molecule has 94 valence electrons. The number of hydrogen-bond acceptors (Lipinski definition) is 5. The number of imide groups is 1. The fourth-order valence-corrected chi connectivity index (χ4v) is 2.15. The number of rotatable bonds is 2. The first-order chi connectivity index (χ1) is 8.65. The molecule has 0 spiro atoms. The third kappa shape index (κ3) is 1.76. The molecule has 0 bridgehead atoms. The second-order valence-electron chi connectivity index (χ2n) is 4.18. The highest BCUT2D eigenvalue weighted by Crippen LogP contribution is 2.22. The molecule has 1 aromatic rings. The number of carbonyl (C=O) groups is 2. The van der Waals surface area contributed by atoms with E-state index in [-0.39, 0.29) is 24.5 Å². The molecule has 7 nitrogen and oxygen atoms in total. The smallest absolute Gasteiger partial charge is 0.324 e. The van der Waals surface area contributed by atoms with Crippen LogP contribution in [0.1, 0.15) is 0 Å². The van der Waals surface area contributed by atoms with Gasteiger partial charge in [-0.1, -0.05) is 11.6 Å². The molecular weight excluding hydrogens is 258 g/mol. The van der Waals surface area contributed by atoms with Crippen molar-refractivity contribution in [3.05, 3.63) is 17.4 Å². The molecule has 2 aliphatic heterocycles. The van der Waals surface area contributed by atoms with Crippen LogP contribution in [0.3, 0.4) is 0 Å². The Bertz CT molecular complexity index is 483. The maximum atomic E-state index is 11.5. The van der Waals surface area contributed by atoms with E-state index < -0.39 is 0 Å². The zero-order chi connectivity index (χ0) is 12.7. The van der Waals surface area contributed by atoms with Crippen molar-refractivity contribution in [3.63, 3.8) is 0 Å². The van der Waals surface area contributed by atoms with Crippen LogP contribution in [0.25, 0.3) is 0 Å². The highest BCUT2D eigenvalue weighted by atomic mass is 35.5. The Labute approximate surface area is 108 Å². The van der Waals surface area contributed by atoms with E-state index in [4.69, 9.17) is 11.6 Å². The second-order valence-corrected chi connectivity index (χ2v) is 4.62. The Morgan fingerprint density at radius 3 is 2.50 bits per heavy atom. The third-order valence-corrected chi connectivity index (χ3v) is 3.19. The van der Waals surface area contributed by atoms with E-state index in [1.165, 1.54) is 17.3 Å². The second kappa shape index (κ2) is 4.09. The van der Waals surface area contributed by atoms with Gasteiger partial charge in [-0.3, -0.25) is 9.69 Å². The summed E-state index contributed by atoms with van der Waals surface area (Å²) in [6.45, 7) is 1.20. The maximum Gasteiger partial charge on any atom is 0.324 e. The number of carbonyl (C=O) groups excluding carboxylic acids is 2. The predicted molar refractivity (Wildman–Crippen MR) is 63.3 cm³/mol. The van der Waals surface area contributed by atoms with Gasteiger partial charge in [-0.25, -0.2) is 14.8 Å². The van der Waals surface area contributed by atoms with E-state index in [1.54, 1.807) is 0 Å². The number of anilines is 1.